The second-order valence-electron chi connectivity index (χ2n) is 10.1. The van der Waals surface area contributed by atoms with Crippen LogP contribution >= 0.6 is 0 Å². The molecule has 0 aromatic carbocycles. The maximum atomic E-state index is 14.3. The molecule has 1 amide bonds. The average molecular weight is 562 g/mol. The number of aliphatic hydroxyl groups excluding tert-OH is 2. The number of imidazole rings is 1. The number of ether oxygens (including phenoxy) is 2. The van der Waals surface area contributed by atoms with E-state index in [2.05, 4.69) is 33.1 Å². The first-order valence-corrected chi connectivity index (χ1v) is 14.1. The van der Waals surface area contributed by atoms with Gasteiger partial charge >= 0.3 is 12.0 Å². The molecule has 3 rings (SSSR count). The lowest BCUT2D eigenvalue weighted by atomic mass is 9.96. The summed E-state index contributed by atoms with van der Waals surface area (Å²) >= 11 is 0. The topological polar surface area (TPSA) is 149 Å². The Bertz CT molecular complexity index is 1170. The van der Waals surface area contributed by atoms with Crippen molar-refractivity contribution in [1.29, 1.82) is 0 Å². The fourth-order valence-corrected chi connectivity index (χ4v) is 4.75. The molecule has 0 aliphatic carbocycles. The molecule has 0 bridgehead atoms. The molecular formula is C28H40FN5O6. The number of unbranched alkanes of at least 4 members (excludes halogenated alkanes) is 8. The Labute approximate surface area is 233 Å². The van der Waals surface area contributed by atoms with Crippen LogP contribution in [0.5, 0.6) is 0 Å². The van der Waals surface area contributed by atoms with Crippen LogP contribution < -0.4 is 5.32 Å². The van der Waals surface area contributed by atoms with Crippen LogP contribution in [0.2, 0.25) is 0 Å². The molecule has 3 heterocycles. The molecule has 0 radical (unpaired) electrons. The highest BCUT2D eigenvalue weighted by molar-refractivity contribution is 5.96. The van der Waals surface area contributed by atoms with Crippen molar-refractivity contribution >= 4 is 28.9 Å². The van der Waals surface area contributed by atoms with Crippen LogP contribution in [-0.4, -0.2) is 73.1 Å². The lowest BCUT2D eigenvalue weighted by Crippen LogP contribution is -2.43. The Kier molecular flexibility index (Phi) is 12.2. The highest BCUT2D eigenvalue weighted by Crippen LogP contribution is 2.35. The number of aliphatic hydroxyl groups is 2. The lowest BCUT2D eigenvalue weighted by molar-refractivity contribution is -0.144. The summed E-state index contributed by atoms with van der Waals surface area (Å²) in [6.07, 6.45) is 15.5. The highest BCUT2D eigenvalue weighted by Gasteiger charge is 2.49. The number of carbonyl (C=O) groups excluding carboxylic acids is 2. The molecule has 12 heteroatoms. The summed E-state index contributed by atoms with van der Waals surface area (Å²) in [7, 11) is 0. The Hall–Kier alpha value is -3.14. The van der Waals surface area contributed by atoms with Crippen molar-refractivity contribution in [3.8, 4) is 12.3 Å². The number of amides is 1. The van der Waals surface area contributed by atoms with Crippen LogP contribution in [0.1, 0.15) is 90.0 Å². The van der Waals surface area contributed by atoms with Crippen LogP contribution in [0, 0.1) is 18.4 Å². The molecule has 3 N–H and O–H groups in total. The summed E-state index contributed by atoms with van der Waals surface area (Å²) in [6.45, 7) is 1.64. The molecule has 1 aliphatic rings. The van der Waals surface area contributed by atoms with Gasteiger partial charge in [0.15, 0.2) is 22.6 Å². The zero-order chi connectivity index (χ0) is 29.0. The maximum Gasteiger partial charge on any atom is 0.312 e. The first-order chi connectivity index (χ1) is 19.3. The number of esters is 1. The van der Waals surface area contributed by atoms with E-state index in [4.69, 9.17) is 15.9 Å². The predicted octanol–water partition coefficient (Wildman–Crippen LogP) is 3.44. The van der Waals surface area contributed by atoms with Gasteiger partial charge in [-0.3, -0.25) is 9.59 Å². The molecule has 220 valence electrons. The summed E-state index contributed by atoms with van der Waals surface area (Å²) in [5, 5.41) is 22.8. The summed E-state index contributed by atoms with van der Waals surface area (Å²) < 4.78 is 26.3. The Morgan fingerprint density at radius 3 is 2.52 bits per heavy atom. The standard InChI is InChI=1S/C28H40FN5O6/c1-3-5-6-7-8-9-10-11-12-15-22(37)39-16-13-14-21(36)31-25-23-26(33-27(29)32-25)34(19-30-23)20-17-40-28(4-2,18-35)24(20)38/h2,19-20,24,35,38H,3,5-18H2,1H3,(H,31,32,33,36)/t20-,24+,28-/m1/s1. The van der Waals surface area contributed by atoms with Crippen molar-refractivity contribution in [1.82, 2.24) is 19.5 Å². The van der Waals surface area contributed by atoms with E-state index < -0.39 is 36.3 Å². The van der Waals surface area contributed by atoms with E-state index in [9.17, 15) is 24.2 Å². The highest BCUT2D eigenvalue weighted by atomic mass is 19.1. The number of rotatable bonds is 17. The number of hydrogen-bond donors (Lipinski definition) is 3. The first-order valence-electron chi connectivity index (χ1n) is 14.1. The van der Waals surface area contributed by atoms with E-state index in [0.717, 1.165) is 19.3 Å². The van der Waals surface area contributed by atoms with Crippen molar-refractivity contribution in [2.75, 3.05) is 25.1 Å². The fourth-order valence-electron chi connectivity index (χ4n) is 4.75. The number of halogens is 1. The Balaban J connectivity index is 1.42. The van der Waals surface area contributed by atoms with Crippen molar-refractivity contribution in [3.05, 3.63) is 12.4 Å². The monoisotopic (exact) mass is 561 g/mol. The molecule has 2 aromatic rings. The second kappa shape index (κ2) is 15.6. The number of aromatic nitrogens is 4. The first kappa shape index (κ1) is 31.4. The van der Waals surface area contributed by atoms with E-state index in [-0.39, 0.29) is 42.6 Å². The average Bonchev–Trinajstić information content (AvgIpc) is 3.50. The van der Waals surface area contributed by atoms with Gasteiger partial charge in [0.2, 0.25) is 5.91 Å². The van der Waals surface area contributed by atoms with Gasteiger partial charge in [-0.15, -0.1) is 6.42 Å². The minimum Gasteiger partial charge on any atom is -0.466 e. The Morgan fingerprint density at radius 2 is 1.88 bits per heavy atom. The third-order valence-electron chi connectivity index (χ3n) is 7.14. The van der Waals surface area contributed by atoms with E-state index in [1.165, 1.54) is 49.4 Å². The van der Waals surface area contributed by atoms with Crippen LogP contribution in [-0.2, 0) is 19.1 Å². The van der Waals surface area contributed by atoms with Crippen molar-refractivity contribution < 1.29 is 33.7 Å². The number of hydrogen-bond acceptors (Lipinski definition) is 9. The Morgan fingerprint density at radius 1 is 1.18 bits per heavy atom. The fraction of sp³-hybridized carbons (Fsp3) is 0.679. The molecule has 2 aromatic heterocycles. The van der Waals surface area contributed by atoms with Gasteiger partial charge in [0.1, 0.15) is 6.10 Å². The summed E-state index contributed by atoms with van der Waals surface area (Å²) in [5.74, 6) is 1.40. The van der Waals surface area contributed by atoms with Crippen molar-refractivity contribution in [2.24, 2.45) is 0 Å². The maximum absolute atomic E-state index is 14.3. The van der Waals surface area contributed by atoms with Crippen LogP contribution in [0.3, 0.4) is 0 Å². The molecular weight excluding hydrogens is 521 g/mol. The number of fused-ring (bicyclic) bond motifs is 1. The summed E-state index contributed by atoms with van der Waals surface area (Å²) in [6, 6.07) is -0.795. The largest absolute Gasteiger partial charge is 0.466 e. The van der Waals surface area contributed by atoms with Crippen molar-refractivity contribution in [2.45, 2.75) is 102 Å². The van der Waals surface area contributed by atoms with Gasteiger partial charge < -0.3 is 29.6 Å². The van der Waals surface area contributed by atoms with Crippen LogP contribution in [0.25, 0.3) is 11.2 Å². The number of nitrogens with zero attached hydrogens (tertiary/aromatic N) is 4. The molecule has 0 saturated carbocycles. The van der Waals surface area contributed by atoms with E-state index in [1.807, 2.05) is 0 Å². The number of terminal acetylenes is 1. The molecule has 3 atom stereocenters. The number of anilines is 1. The van der Waals surface area contributed by atoms with Gasteiger partial charge in [-0.2, -0.15) is 14.4 Å². The third-order valence-corrected chi connectivity index (χ3v) is 7.14. The van der Waals surface area contributed by atoms with Gasteiger partial charge in [0.25, 0.3) is 0 Å². The minimum atomic E-state index is -1.60. The van der Waals surface area contributed by atoms with E-state index in [1.54, 1.807) is 0 Å². The quantitative estimate of drug-likeness (QED) is 0.114. The molecule has 1 aliphatic heterocycles. The molecule has 1 fully saturated rings. The second-order valence-corrected chi connectivity index (χ2v) is 10.1. The smallest absolute Gasteiger partial charge is 0.312 e. The van der Waals surface area contributed by atoms with Gasteiger partial charge in [-0.05, 0) is 12.8 Å². The van der Waals surface area contributed by atoms with E-state index in [0.29, 0.717) is 12.8 Å². The number of carbonyl (C=O) groups is 2. The van der Waals surface area contributed by atoms with Crippen LogP contribution in [0.15, 0.2) is 6.33 Å². The predicted molar refractivity (Wildman–Crippen MR) is 146 cm³/mol. The molecule has 40 heavy (non-hydrogen) atoms. The molecule has 11 nitrogen and oxygen atoms in total. The molecule has 0 unspecified atom stereocenters. The number of nitrogens with one attached hydrogen (secondary N) is 1. The molecule has 0 spiro atoms. The third kappa shape index (κ3) is 8.19. The van der Waals surface area contributed by atoms with Gasteiger partial charge in [-0.1, -0.05) is 64.2 Å². The zero-order valence-corrected chi connectivity index (χ0v) is 23.1. The zero-order valence-electron chi connectivity index (χ0n) is 23.1. The minimum absolute atomic E-state index is 0.0200. The normalized spacial score (nSPS) is 20.5. The lowest BCUT2D eigenvalue weighted by Gasteiger charge is -2.25. The van der Waals surface area contributed by atoms with Gasteiger partial charge in [0, 0.05) is 12.8 Å². The van der Waals surface area contributed by atoms with E-state index >= 15 is 0 Å². The van der Waals surface area contributed by atoms with Gasteiger partial charge in [0.05, 0.1) is 32.2 Å². The van der Waals surface area contributed by atoms with Crippen LogP contribution in [0.4, 0.5) is 10.2 Å². The SMILES string of the molecule is C#C[C@]1(CO)OC[C@@H](n2cnc3c(NC(=O)CCCOC(=O)CCCCCCCCCCC)nc(F)nc32)[C@@H]1O. The summed E-state index contributed by atoms with van der Waals surface area (Å²) in [5.41, 5.74) is -1.47. The van der Waals surface area contributed by atoms with Crippen molar-refractivity contribution in [3.63, 3.8) is 0 Å². The van der Waals surface area contributed by atoms with Gasteiger partial charge in [-0.25, -0.2) is 4.98 Å². The summed E-state index contributed by atoms with van der Waals surface area (Å²) in [4.78, 5) is 36.0. The molecule has 1 saturated heterocycles.